The van der Waals surface area contributed by atoms with E-state index >= 15 is 0 Å². The standard InChI is InChI=1S/C18H19N7O3/c26-18(21-10-9-19-15-4-1-2-5-16(15)25(27)28)22-13-14-6-8-20-17(12-14)24-11-3-7-23-24/h1-8,11-12,19H,9-10,13H2,(H2,21,22,26). The molecule has 0 fully saturated rings. The number of amides is 2. The number of urea groups is 1. The predicted octanol–water partition coefficient (Wildman–Crippen LogP) is 2.09. The van der Waals surface area contributed by atoms with Gasteiger partial charge >= 0.3 is 6.03 Å². The molecule has 2 aromatic heterocycles. The summed E-state index contributed by atoms with van der Waals surface area (Å²) >= 11 is 0. The molecule has 2 amide bonds. The fourth-order valence-electron chi connectivity index (χ4n) is 2.50. The van der Waals surface area contributed by atoms with Gasteiger partial charge in [0.05, 0.1) is 4.92 Å². The maximum Gasteiger partial charge on any atom is 0.315 e. The quantitative estimate of drug-likeness (QED) is 0.311. The fraction of sp³-hybridized carbons (Fsp3) is 0.167. The number of rotatable bonds is 8. The monoisotopic (exact) mass is 381 g/mol. The summed E-state index contributed by atoms with van der Waals surface area (Å²) in [7, 11) is 0. The molecule has 0 saturated heterocycles. The molecular formula is C18H19N7O3. The van der Waals surface area contributed by atoms with Gasteiger partial charge in [0.1, 0.15) is 5.69 Å². The molecule has 1 aromatic carbocycles. The first-order valence-electron chi connectivity index (χ1n) is 8.57. The SMILES string of the molecule is O=C(NCCNc1ccccc1[N+](=O)[O-])NCc1ccnc(-n2cccn2)c1. The van der Waals surface area contributed by atoms with Crippen molar-refractivity contribution in [1.82, 2.24) is 25.4 Å². The molecule has 3 aromatic rings. The van der Waals surface area contributed by atoms with Crippen LogP contribution >= 0.6 is 0 Å². The zero-order chi connectivity index (χ0) is 19.8. The summed E-state index contributed by atoms with van der Waals surface area (Å²) in [6.07, 6.45) is 5.11. The molecule has 3 rings (SSSR count). The Morgan fingerprint density at radius 3 is 2.75 bits per heavy atom. The van der Waals surface area contributed by atoms with E-state index in [0.29, 0.717) is 31.1 Å². The molecule has 144 valence electrons. The molecule has 0 radical (unpaired) electrons. The third-order valence-corrected chi connectivity index (χ3v) is 3.83. The number of nitrogens with one attached hydrogen (secondary N) is 3. The first-order valence-corrected chi connectivity index (χ1v) is 8.57. The van der Waals surface area contributed by atoms with Crippen molar-refractivity contribution in [3.63, 3.8) is 0 Å². The van der Waals surface area contributed by atoms with Crippen LogP contribution in [0, 0.1) is 10.1 Å². The molecule has 0 aliphatic rings. The lowest BCUT2D eigenvalue weighted by molar-refractivity contribution is -0.384. The zero-order valence-electron chi connectivity index (χ0n) is 14.9. The van der Waals surface area contributed by atoms with Gasteiger partial charge in [0.25, 0.3) is 5.69 Å². The van der Waals surface area contributed by atoms with Gasteiger partial charge < -0.3 is 16.0 Å². The molecule has 0 spiro atoms. The molecule has 28 heavy (non-hydrogen) atoms. The van der Waals surface area contributed by atoms with E-state index < -0.39 is 4.92 Å². The average Bonchev–Trinajstić information content (AvgIpc) is 3.25. The van der Waals surface area contributed by atoms with Crippen LogP contribution in [0.1, 0.15) is 5.56 Å². The fourth-order valence-corrected chi connectivity index (χ4v) is 2.50. The van der Waals surface area contributed by atoms with Gasteiger partial charge in [-0.1, -0.05) is 12.1 Å². The molecule has 0 aliphatic carbocycles. The number of nitro groups is 1. The van der Waals surface area contributed by atoms with Crippen molar-refractivity contribution < 1.29 is 9.72 Å². The molecule has 0 bridgehead atoms. The van der Waals surface area contributed by atoms with Crippen molar-refractivity contribution in [3.05, 3.63) is 76.7 Å². The van der Waals surface area contributed by atoms with Crippen LogP contribution in [0.2, 0.25) is 0 Å². The van der Waals surface area contributed by atoms with Crippen molar-refractivity contribution in [1.29, 1.82) is 0 Å². The summed E-state index contributed by atoms with van der Waals surface area (Å²) in [6, 6.07) is 11.5. The van der Waals surface area contributed by atoms with Gasteiger partial charge in [-0.25, -0.2) is 14.5 Å². The number of benzene rings is 1. The largest absolute Gasteiger partial charge is 0.378 e. The van der Waals surface area contributed by atoms with Crippen LogP contribution in [0.25, 0.3) is 5.82 Å². The number of pyridine rings is 1. The van der Waals surface area contributed by atoms with E-state index in [1.54, 1.807) is 47.5 Å². The van der Waals surface area contributed by atoms with Crippen molar-refractivity contribution in [3.8, 4) is 5.82 Å². The Bertz CT molecular complexity index is 944. The van der Waals surface area contributed by atoms with Crippen molar-refractivity contribution in [2.24, 2.45) is 0 Å². The molecule has 10 heteroatoms. The number of nitro benzene ring substituents is 1. The van der Waals surface area contributed by atoms with Gasteiger partial charge in [-0.05, 0) is 29.8 Å². The van der Waals surface area contributed by atoms with Gasteiger partial charge in [-0.2, -0.15) is 5.10 Å². The normalized spacial score (nSPS) is 10.3. The van der Waals surface area contributed by atoms with Crippen LogP contribution in [0.15, 0.2) is 61.1 Å². The van der Waals surface area contributed by atoms with E-state index in [4.69, 9.17) is 0 Å². The van der Waals surface area contributed by atoms with Gasteiger partial charge in [0, 0.05) is 44.3 Å². The molecule has 2 heterocycles. The molecule has 0 atom stereocenters. The van der Waals surface area contributed by atoms with E-state index in [-0.39, 0.29) is 11.7 Å². The van der Waals surface area contributed by atoms with Crippen molar-refractivity contribution in [2.45, 2.75) is 6.54 Å². The topological polar surface area (TPSA) is 127 Å². The number of hydrogen-bond acceptors (Lipinski definition) is 6. The highest BCUT2D eigenvalue weighted by molar-refractivity contribution is 5.73. The minimum atomic E-state index is -0.450. The Labute approximate surface area is 160 Å². The third-order valence-electron chi connectivity index (χ3n) is 3.83. The highest BCUT2D eigenvalue weighted by Gasteiger charge is 2.11. The summed E-state index contributed by atoms with van der Waals surface area (Å²) in [5.41, 5.74) is 1.30. The Hall–Kier alpha value is -3.95. The van der Waals surface area contributed by atoms with Crippen LogP contribution in [-0.2, 0) is 6.54 Å². The maximum atomic E-state index is 11.9. The average molecular weight is 381 g/mol. The van der Waals surface area contributed by atoms with Crippen LogP contribution in [-0.4, -0.2) is 38.8 Å². The second-order valence-electron chi connectivity index (χ2n) is 5.78. The summed E-state index contributed by atoms with van der Waals surface area (Å²) in [4.78, 5) is 26.7. The highest BCUT2D eigenvalue weighted by Crippen LogP contribution is 2.22. The summed E-state index contributed by atoms with van der Waals surface area (Å²) in [5, 5.41) is 23.5. The van der Waals surface area contributed by atoms with E-state index in [1.165, 1.54) is 6.07 Å². The van der Waals surface area contributed by atoms with Crippen molar-refractivity contribution in [2.75, 3.05) is 18.4 Å². The second-order valence-corrected chi connectivity index (χ2v) is 5.78. The van der Waals surface area contributed by atoms with Crippen LogP contribution in [0.4, 0.5) is 16.2 Å². The summed E-state index contributed by atoms with van der Waals surface area (Å²) in [5.74, 6) is 0.665. The Kier molecular flexibility index (Phi) is 6.13. The van der Waals surface area contributed by atoms with Crippen molar-refractivity contribution >= 4 is 17.4 Å². The molecule has 0 aliphatic heterocycles. The lowest BCUT2D eigenvalue weighted by Crippen LogP contribution is -2.37. The number of carbonyl (C=O) groups is 1. The number of nitrogens with zero attached hydrogens (tertiary/aromatic N) is 4. The Balaban J connectivity index is 1.42. The second kappa shape index (κ2) is 9.12. The molecular weight excluding hydrogens is 362 g/mol. The highest BCUT2D eigenvalue weighted by atomic mass is 16.6. The maximum absolute atomic E-state index is 11.9. The van der Waals surface area contributed by atoms with Crippen LogP contribution in [0.3, 0.4) is 0 Å². The molecule has 3 N–H and O–H groups in total. The van der Waals surface area contributed by atoms with Crippen LogP contribution in [0.5, 0.6) is 0 Å². The number of hydrogen-bond donors (Lipinski definition) is 3. The number of carbonyl (C=O) groups excluding carboxylic acids is 1. The molecule has 10 nitrogen and oxygen atoms in total. The summed E-state index contributed by atoms with van der Waals surface area (Å²) in [6.45, 7) is 1.00. The van der Waals surface area contributed by atoms with E-state index in [1.807, 2.05) is 12.1 Å². The summed E-state index contributed by atoms with van der Waals surface area (Å²) < 4.78 is 1.64. The van der Waals surface area contributed by atoms with Crippen LogP contribution < -0.4 is 16.0 Å². The van der Waals surface area contributed by atoms with E-state index in [0.717, 1.165) is 5.56 Å². The smallest absolute Gasteiger partial charge is 0.315 e. The minimum Gasteiger partial charge on any atom is -0.378 e. The Morgan fingerprint density at radius 2 is 1.96 bits per heavy atom. The molecule has 0 unspecified atom stereocenters. The van der Waals surface area contributed by atoms with Gasteiger partial charge in [-0.15, -0.1) is 0 Å². The van der Waals surface area contributed by atoms with E-state index in [9.17, 15) is 14.9 Å². The number of aromatic nitrogens is 3. The van der Waals surface area contributed by atoms with Gasteiger partial charge in [0.15, 0.2) is 5.82 Å². The molecule has 0 saturated carbocycles. The lowest BCUT2D eigenvalue weighted by atomic mass is 10.2. The minimum absolute atomic E-state index is 0.00220. The predicted molar refractivity (Wildman–Crippen MR) is 103 cm³/mol. The zero-order valence-corrected chi connectivity index (χ0v) is 14.9. The number of para-hydroxylation sites is 2. The van der Waals surface area contributed by atoms with Gasteiger partial charge in [0.2, 0.25) is 0 Å². The Morgan fingerprint density at radius 1 is 1.11 bits per heavy atom. The lowest BCUT2D eigenvalue weighted by Gasteiger charge is -2.10. The van der Waals surface area contributed by atoms with Gasteiger partial charge in [-0.3, -0.25) is 10.1 Å². The van der Waals surface area contributed by atoms with E-state index in [2.05, 4.69) is 26.0 Å². The first kappa shape index (κ1) is 18.8. The first-order chi connectivity index (χ1) is 13.6. The number of anilines is 1. The third kappa shape index (κ3) is 5.04.